The summed E-state index contributed by atoms with van der Waals surface area (Å²) < 4.78 is 0.799. The molecular weight excluding hydrogens is 244 g/mol. The van der Waals surface area contributed by atoms with Gasteiger partial charge in [0.1, 0.15) is 4.60 Å². The minimum absolute atomic E-state index is 0.0142. The number of nitrogens with zero attached hydrogens (tertiary/aromatic N) is 1. The van der Waals surface area contributed by atoms with Crippen LogP contribution in [-0.4, -0.2) is 23.2 Å². The van der Waals surface area contributed by atoms with E-state index in [0.717, 1.165) is 10.3 Å². The van der Waals surface area contributed by atoms with Crippen molar-refractivity contribution in [2.75, 3.05) is 13.2 Å². The highest BCUT2D eigenvalue weighted by Crippen LogP contribution is 2.14. The van der Waals surface area contributed by atoms with Crippen molar-refractivity contribution in [1.29, 1.82) is 0 Å². The molecule has 0 amide bonds. The Balaban J connectivity index is 2.73. The van der Waals surface area contributed by atoms with E-state index in [2.05, 4.69) is 32.8 Å². The van der Waals surface area contributed by atoms with Gasteiger partial charge in [0.25, 0.3) is 0 Å². The molecule has 0 fully saturated rings. The fourth-order valence-electron chi connectivity index (χ4n) is 1.13. The first-order valence-electron chi connectivity index (χ1n) is 4.37. The van der Waals surface area contributed by atoms with Crippen molar-refractivity contribution < 1.29 is 5.11 Å². The first kappa shape index (κ1) is 11.4. The first-order chi connectivity index (χ1) is 6.77. The summed E-state index contributed by atoms with van der Waals surface area (Å²) in [5, 5.41) is 11.8. The molecular formula is C10H13BrN2O. The average molecular weight is 257 g/mol. The molecule has 76 valence electrons. The van der Waals surface area contributed by atoms with Crippen LogP contribution in [0.1, 0.15) is 11.7 Å². The Morgan fingerprint density at radius 2 is 2.43 bits per heavy atom. The molecule has 3 nitrogen and oxygen atoms in total. The fraction of sp³-hybridized carbons (Fsp3) is 0.300. The number of hydrogen-bond acceptors (Lipinski definition) is 3. The van der Waals surface area contributed by atoms with E-state index in [4.69, 9.17) is 5.11 Å². The van der Waals surface area contributed by atoms with Gasteiger partial charge in [0.05, 0.1) is 18.3 Å². The Hall–Kier alpha value is -0.710. The zero-order chi connectivity index (χ0) is 10.4. The summed E-state index contributed by atoms with van der Waals surface area (Å²) in [5.74, 6) is 0. The number of hydrogen-bond donors (Lipinski definition) is 2. The molecule has 0 radical (unpaired) electrons. The molecule has 0 aliphatic carbocycles. The summed E-state index contributed by atoms with van der Waals surface area (Å²) in [4.78, 5) is 4.30. The predicted octanol–water partition coefficient (Wildman–Crippen LogP) is 1.65. The standard InChI is InChI=1S/C10H13BrN2O/c1-2-8(12-6-7-14)9-4-3-5-10(11)13-9/h2-5,8,12,14H,1,6-7H2/t8-/m0/s1. The molecule has 1 atom stereocenters. The van der Waals surface area contributed by atoms with Gasteiger partial charge in [-0.3, -0.25) is 0 Å². The van der Waals surface area contributed by atoms with E-state index < -0.39 is 0 Å². The van der Waals surface area contributed by atoms with Crippen LogP contribution in [0.2, 0.25) is 0 Å². The SMILES string of the molecule is C=C[C@H](NCCO)c1cccc(Br)n1. The van der Waals surface area contributed by atoms with Crippen LogP contribution in [0.5, 0.6) is 0 Å². The van der Waals surface area contributed by atoms with Gasteiger partial charge in [-0.2, -0.15) is 0 Å². The number of halogens is 1. The van der Waals surface area contributed by atoms with Crippen molar-refractivity contribution in [2.24, 2.45) is 0 Å². The third kappa shape index (κ3) is 3.21. The molecule has 0 aliphatic rings. The molecule has 0 spiro atoms. The minimum Gasteiger partial charge on any atom is -0.395 e. The minimum atomic E-state index is -0.0142. The average Bonchev–Trinajstić information content (AvgIpc) is 2.19. The summed E-state index contributed by atoms with van der Waals surface area (Å²) in [5.41, 5.74) is 0.892. The van der Waals surface area contributed by atoms with Crippen LogP contribution in [-0.2, 0) is 0 Å². The lowest BCUT2D eigenvalue weighted by Crippen LogP contribution is -2.23. The van der Waals surface area contributed by atoms with Crippen LogP contribution in [0.15, 0.2) is 35.5 Å². The Kier molecular flexibility index (Phi) is 4.79. The lowest BCUT2D eigenvalue weighted by atomic mass is 10.2. The summed E-state index contributed by atoms with van der Waals surface area (Å²) in [6, 6.07) is 5.69. The molecule has 0 aromatic carbocycles. The second kappa shape index (κ2) is 5.90. The molecule has 1 rings (SSSR count). The number of rotatable bonds is 5. The van der Waals surface area contributed by atoms with Gasteiger partial charge in [0.15, 0.2) is 0 Å². The molecule has 14 heavy (non-hydrogen) atoms. The number of nitrogens with one attached hydrogen (secondary N) is 1. The van der Waals surface area contributed by atoms with Crippen molar-refractivity contribution in [3.05, 3.63) is 41.2 Å². The first-order valence-corrected chi connectivity index (χ1v) is 5.16. The summed E-state index contributed by atoms with van der Waals surface area (Å²) >= 11 is 3.31. The largest absolute Gasteiger partial charge is 0.395 e. The summed E-state index contributed by atoms with van der Waals surface area (Å²) in [6.45, 7) is 4.36. The topological polar surface area (TPSA) is 45.1 Å². The van der Waals surface area contributed by atoms with E-state index in [1.807, 2.05) is 18.2 Å². The third-order valence-electron chi connectivity index (χ3n) is 1.77. The van der Waals surface area contributed by atoms with Crippen LogP contribution < -0.4 is 5.32 Å². The molecule has 0 saturated carbocycles. The zero-order valence-corrected chi connectivity index (χ0v) is 9.37. The van der Waals surface area contributed by atoms with Gasteiger partial charge < -0.3 is 10.4 Å². The van der Waals surface area contributed by atoms with E-state index in [1.165, 1.54) is 0 Å². The second-order valence-corrected chi connectivity index (χ2v) is 3.59. The van der Waals surface area contributed by atoms with Gasteiger partial charge >= 0.3 is 0 Å². The Bertz CT molecular complexity index is 304. The van der Waals surface area contributed by atoms with Gasteiger partial charge in [0.2, 0.25) is 0 Å². The Morgan fingerprint density at radius 1 is 1.64 bits per heavy atom. The molecule has 0 unspecified atom stereocenters. The smallest absolute Gasteiger partial charge is 0.106 e. The highest BCUT2D eigenvalue weighted by Gasteiger charge is 2.07. The van der Waals surface area contributed by atoms with E-state index >= 15 is 0 Å². The maximum absolute atomic E-state index is 8.69. The summed E-state index contributed by atoms with van der Waals surface area (Å²) in [6.07, 6.45) is 1.77. The van der Waals surface area contributed by atoms with Gasteiger partial charge in [-0.05, 0) is 28.1 Å². The molecule has 4 heteroatoms. The molecule has 1 aromatic rings. The van der Waals surface area contributed by atoms with Crippen LogP contribution in [0.3, 0.4) is 0 Å². The number of aliphatic hydroxyl groups is 1. The molecule has 0 saturated heterocycles. The van der Waals surface area contributed by atoms with E-state index in [0.29, 0.717) is 6.54 Å². The van der Waals surface area contributed by atoms with E-state index in [1.54, 1.807) is 6.08 Å². The Labute approximate surface area is 92.0 Å². The van der Waals surface area contributed by atoms with Crippen LogP contribution in [0.4, 0.5) is 0 Å². The van der Waals surface area contributed by atoms with Crippen LogP contribution in [0, 0.1) is 0 Å². The number of pyridine rings is 1. The zero-order valence-electron chi connectivity index (χ0n) is 7.78. The maximum atomic E-state index is 8.69. The van der Waals surface area contributed by atoms with Crippen molar-refractivity contribution >= 4 is 15.9 Å². The van der Waals surface area contributed by atoms with E-state index in [9.17, 15) is 0 Å². The van der Waals surface area contributed by atoms with Crippen LogP contribution >= 0.6 is 15.9 Å². The van der Waals surface area contributed by atoms with Crippen molar-refractivity contribution in [1.82, 2.24) is 10.3 Å². The summed E-state index contributed by atoms with van der Waals surface area (Å²) in [7, 11) is 0. The molecule has 2 N–H and O–H groups in total. The Morgan fingerprint density at radius 3 is 3.00 bits per heavy atom. The monoisotopic (exact) mass is 256 g/mol. The van der Waals surface area contributed by atoms with E-state index in [-0.39, 0.29) is 12.6 Å². The van der Waals surface area contributed by atoms with Gasteiger partial charge in [0, 0.05) is 6.54 Å². The van der Waals surface area contributed by atoms with Gasteiger partial charge in [-0.15, -0.1) is 6.58 Å². The van der Waals surface area contributed by atoms with Gasteiger partial charge in [-0.1, -0.05) is 12.1 Å². The van der Waals surface area contributed by atoms with Crippen LogP contribution in [0.25, 0.3) is 0 Å². The van der Waals surface area contributed by atoms with Crippen molar-refractivity contribution in [3.63, 3.8) is 0 Å². The molecule has 1 aromatic heterocycles. The van der Waals surface area contributed by atoms with Gasteiger partial charge in [-0.25, -0.2) is 4.98 Å². The molecule has 0 bridgehead atoms. The third-order valence-corrected chi connectivity index (χ3v) is 2.21. The lowest BCUT2D eigenvalue weighted by Gasteiger charge is -2.13. The fourth-order valence-corrected chi connectivity index (χ4v) is 1.48. The predicted molar refractivity (Wildman–Crippen MR) is 60.0 cm³/mol. The number of aromatic nitrogens is 1. The highest BCUT2D eigenvalue weighted by atomic mass is 79.9. The van der Waals surface area contributed by atoms with Crippen molar-refractivity contribution in [3.8, 4) is 0 Å². The maximum Gasteiger partial charge on any atom is 0.106 e. The lowest BCUT2D eigenvalue weighted by molar-refractivity contribution is 0.288. The normalized spacial score (nSPS) is 12.4. The quantitative estimate of drug-likeness (QED) is 0.622. The number of aliphatic hydroxyl groups excluding tert-OH is 1. The highest BCUT2D eigenvalue weighted by molar-refractivity contribution is 9.10. The molecule has 0 aliphatic heterocycles. The molecule has 1 heterocycles. The second-order valence-electron chi connectivity index (χ2n) is 2.78. The van der Waals surface area contributed by atoms with Crippen molar-refractivity contribution in [2.45, 2.75) is 6.04 Å².